The molecule has 2 rings (SSSR count). The van der Waals surface area contributed by atoms with Crippen LogP contribution in [-0.4, -0.2) is 19.5 Å². The van der Waals surface area contributed by atoms with Crippen molar-refractivity contribution >= 4 is 22.1 Å². The highest BCUT2D eigenvalue weighted by atomic mass is 32.2. The Morgan fingerprint density at radius 3 is 2.52 bits per heavy atom. The maximum atomic E-state index is 12.1. The average Bonchev–Trinajstić information content (AvgIpc) is 2.97. The lowest BCUT2D eigenvalue weighted by Crippen LogP contribution is -2.22. The van der Waals surface area contributed by atoms with Crippen LogP contribution in [0.15, 0.2) is 58.2 Å². The number of benzene rings is 1. The molecule has 0 amide bonds. The second-order valence-corrected chi connectivity index (χ2v) is 5.96. The molecular weight excluding hydrogens is 294 g/mol. The number of aliphatic carboxylic acids is 1. The van der Waals surface area contributed by atoms with Crippen LogP contribution in [-0.2, 0) is 21.4 Å². The first-order valence-electron chi connectivity index (χ1n) is 5.99. The lowest BCUT2D eigenvalue weighted by atomic mass is 10.2. The first kappa shape index (κ1) is 15.0. The zero-order chi connectivity index (χ0) is 15.3. The van der Waals surface area contributed by atoms with E-state index in [1.807, 2.05) is 0 Å². The van der Waals surface area contributed by atoms with Gasteiger partial charge in [0.2, 0.25) is 10.0 Å². The lowest BCUT2D eigenvalue weighted by molar-refractivity contribution is -0.131. The van der Waals surface area contributed by atoms with Crippen LogP contribution in [0.1, 0.15) is 11.1 Å². The molecular formula is C14H13NO5S. The smallest absolute Gasteiger partial charge is 0.328 e. The molecule has 0 spiro atoms. The van der Waals surface area contributed by atoms with E-state index in [4.69, 9.17) is 9.52 Å². The highest BCUT2D eigenvalue weighted by Crippen LogP contribution is 2.12. The summed E-state index contributed by atoms with van der Waals surface area (Å²) in [4.78, 5) is 10.5. The van der Waals surface area contributed by atoms with Gasteiger partial charge in [-0.3, -0.25) is 0 Å². The quantitative estimate of drug-likeness (QED) is 0.794. The van der Waals surface area contributed by atoms with Gasteiger partial charge in [-0.15, -0.1) is 0 Å². The summed E-state index contributed by atoms with van der Waals surface area (Å²) in [5.74, 6) is -1.06. The van der Waals surface area contributed by atoms with Crippen molar-refractivity contribution in [3.63, 3.8) is 0 Å². The third-order valence-electron chi connectivity index (χ3n) is 2.66. The van der Waals surface area contributed by atoms with Gasteiger partial charge in [0, 0.05) is 18.2 Å². The van der Waals surface area contributed by atoms with E-state index in [2.05, 4.69) is 4.72 Å². The first-order valence-corrected chi connectivity index (χ1v) is 7.47. The number of hydrogen-bond donors (Lipinski definition) is 2. The second-order valence-electron chi connectivity index (χ2n) is 4.20. The Labute approximate surface area is 121 Å². The van der Waals surface area contributed by atoms with Gasteiger partial charge in [0.15, 0.2) is 0 Å². The third-order valence-corrected chi connectivity index (χ3v) is 4.07. The van der Waals surface area contributed by atoms with Crippen LogP contribution < -0.4 is 4.72 Å². The van der Waals surface area contributed by atoms with Crippen molar-refractivity contribution in [2.24, 2.45) is 0 Å². The molecule has 6 nitrogen and oxygen atoms in total. The summed E-state index contributed by atoms with van der Waals surface area (Å²) in [7, 11) is -3.62. The van der Waals surface area contributed by atoms with E-state index in [-0.39, 0.29) is 11.4 Å². The van der Waals surface area contributed by atoms with Gasteiger partial charge in [-0.05, 0) is 29.8 Å². The van der Waals surface area contributed by atoms with Gasteiger partial charge in [0.25, 0.3) is 0 Å². The summed E-state index contributed by atoms with van der Waals surface area (Å²) in [6.07, 6.45) is 5.30. The van der Waals surface area contributed by atoms with Gasteiger partial charge >= 0.3 is 5.97 Å². The molecule has 2 aromatic rings. The van der Waals surface area contributed by atoms with Crippen LogP contribution >= 0.6 is 0 Å². The molecule has 21 heavy (non-hydrogen) atoms. The Morgan fingerprint density at radius 1 is 1.24 bits per heavy atom. The number of carbonyl (C=O) groups is 1. The van der Waals surface area contributed by atoms with Crippen molar-refractivity contribution in [3.05, 3.63) is 60.1 Å². The number of carboxylic acid groups (broad SMARTS) is 1. The number of carboxylic acids is 1. The summed E-state index contributed by atoms with van der Waals surface area (Å²) in [5, 5.41) is 8.52. The van der Waals surface area contributed by atoms with Crippen molar-refractivity contribution in [1.82, 2.24) is 4.72 Å². The second kappa shape index (κ2) is 6.38. The Balaban J connectivity index is 2.08. The predicted molar refractivity (Wildman–Crippen MR) is 75.8 cm³/mol. The van der Waals surface area contributed by atoms with Crippen molar-refractivity contribution in [3.8, 4) is 0 Å². The third kappa shape index (κ3) is 4.30. The number of rotatable bonds is 6. The van der Waals surface area contributed by atoms with Crippen molar-refractivity contribution in [2.45, 2.75) is 11.4 Å². The first-order chi connectivity index (χ1) is 9.97. The molecule has 0 unspecified atom stereocenters. The minimum Gasteiger partial charge on any atom is -0.478 e. The largest absolute Gasteiger partial charge is 0.478 e. The van der Waals surface area contributed by atoms with E-state index in [9.17, 15) is 13.2 Å². The highest BCUT2D eigenvalue weighted by Gasteiger charge is 2.13. The lowest BCUT2D eigenvalue weighted by Gasteiger charge is -2.05. The topological polar surface area (TPSA) is 96.6 Å². The highest BCUT2D eigenvalue weighted by molar-refractivity contribution is 7.89. The molecule has 0 atom stereocenters. The fraction of sp³-hybridized carbons (Fsp3) is 0.0714. The fourth-order valence-corrected chi connectivity index (χ4v) is 2.60. The maximum absolute atomic E-state index is 12.1. The van der Waals surface area contributed by atoms with Gasteiger partial charge in [-0.25, -0.2) is 17.9 Å². The molecule has 0 bridgehead atoms. The molecule has 1 aromatic carbocycles. The van der Waals surface area contributed by atoms with Crippen LogP contribution in [0.4, 0.5) is 0 Å². The minimum atomic E-state index is -3.62. The minimum absolute atomic E-state index is 0.110. The van der Waals surface area contributed by atoms with Gasteiger partial charge in [0.1, 0.15) is 0 Å². The Kier molecular flexibility index (Phi) is 4.56. The molecule has 2 N–H and O–H groups in total. The summed E-state index contributed by atoms with van der Waals surface area (Å²) >= 11 is 0. The van der Waals surface area contributed by atoms with Crippen molar-refractivity contribution in [2.75, 3.05) is 0 Å². The molecule has 1 aromatic heterocycles. The van der Waals surface area contributed by atoms with Crippen LogP contribution in [0.2, 0.25) is 0 Å². The van der Waals surface area contributed by atoms with Gasteiger partial charge in [-0.1, -0.05) is 12.1 Å². The standard InChI is InChI=1S/C14H13NO5S/c16-14(17)6-3-11-1-4-13(5-2-11)21(18,19)15-9-12-7-8-20-10-12/h1-8,10,15H,9H2,(H,16,17)/b6-3+. The van der Waals surface area contributed by atoms with E-state index < -0.39 is 16.0 Å². The number of nitrogens with one attached hydrogen (secondary N) is 1. The Bertz CT molecular complexity index is 730. The monoisotopic (exact) mass is 307 g/mol. The van der Waals surface area contributed by atoms with E-state index in [1.165, 1.54) is 42.9 Å². The van der Waals surface area contributed by atoms with Crippen LogP contribution in [0.5, 0.6) is 0 Å². The van der Waals surface area contributed by atoms with Gasteiger partial charge in [0.05, 0.1) is 17.4 Å². The Hall–Kier alpha value is -2.38. The molecule has 0 fully saturated rings. The van der Waals surface area contributed by atoms with E-state index in [0.29, 0.717) is 5.56 Å². The molecule has 7 heteroatoms. The molecule has 0 radical (unpaired) electrons. The SMILES string of the molecule is O=C(O)/C=C/c1ccc(S(=O)(=O)NCc2ccoc2)cc1. The summed E-state index contributed by atoms with van der Waals surface area (Å²) in [6.45, 7) is 0.138. The van der Waals surface area contributed by atoms with Gasteiger partial charge < -0.3 is 9.52 Å². The number of hydrogen-bond acceptors (Lipinski definition) is 4. The molecule has 0 saturated heterocycles. The molecule has 0 saturated carbocycles. The Morgan fingerprint density at radius 2 is 1.95 bits per heavy atom. The summed E-state index contributed by atoms with van der Waals surface area (Å²) < 4.78 is 31.4. The molecule has 1 heterocycles. The molecule has 0 aliphatic rings. The van der Waals surface area contributed by atoms with E-state index >= 15 is 0 Å². The predicted octanol–water partition coefficient (Wildman–Crippen LogP) is 1.86. The average molecular weight is 307 g/mol. The van der Waals surface area contributed by atoms with Crippen LogP contribution in [0.3, 0.4) is 0 Å². The maximum Gasteiger partial charge on any atom is 0.328 e. The molecule has 110 valence electrons. The normalized spacial score (nSPS) is 11.8. The summed E-state index contributed by atoms with van der Waals surface area (Å²) in [5.41, 5.74) is 1.32. The van der Waals surface area contributed by atoms with Crippen molar-refractivity contribution in [1.29, 1.82) is 0 Å². The van der Waals surface area contributed by atoms with Gasteiger partial charge in [-0.2, -0.15) is 0 Å². The van der Waals surface area contributed by atoms with E-state index in [0.717, 1.165) is 11.6 Å². The molecule has 0 aliphatic carbocycles. The van der Waals surface area contributed by atoms with E-state index in [1.54, 1.807) is 6.07 Å². The number of sulfonamides is 1. The zero-order valence-electron chi connectivity index (χ0n) is 10.9. The molecule has 0 aliphatic heterocycles. The van der Waals surface area contributed by atoms with Crippen LogP contribution in [0, 0.1) is 0 Å². The fourth-order valence-electron chi connectivity index (χ4n) is 1.58. The van der Waals surface area contributed by atoms with Crippen molar-refractivity contribution < 1.29 is 22.7 Å². The number of furan rings is 1. The summed E-state index contributed by atoms with van der Waals surface area (Å²) in [6, 6.07) is 7.57. The van der Waals surface area contributed by atoms with Crippen LogP contribution in [0.25, 0.3) is 6.08 Å². The zero-order valence-corrected chi connectivity index (χ0v) is 11.7.